The number of H-pyrrole nitrogens is 1. The molecule has 1 N–H and O–H groups in total. The first-order chi connectivity index (χ1) is 9.69. The minimum absolute atomic E-state index is 0.0197. The molecule has 1 aliphatic heterocycles. The molecule has 1 atom stereocenters. The molecule has 1 saturated carbocycles. The number of morpholine rings is 1. The van der Waals surface area contributed by atoms with Crippen LogP contribution in [0.25, 0.3) is 0 Å². The van der Waals surface area contributed by atoms with E-state index in [9.17, 15) is 4.79 Å². The van der Waals surface area contributed by atoms with Gasteiger partial charge in [0.25, 0.3) is 5.56 Å². The second-order valence-corrected chi connectivity index (χ2v) is 6.66. The van der Waals surface area contributed by atoms with Gasteiger partial charge in [0.15, 0.2) is 0 Å². The lowest BCUT2D eigenvalue weighted by Crippen LogP contribution is -2.40. The summed E-state index contributed by atoms with van der Waals surface area (Å²) in [6, 6.07) is 0. The van der Waals surface area contributed by atoms with E-state index >= 15 is 0 Å². The molecule has 1 unspecified atom stereocenters. The summed E-state index contributed by atoms with van der Waals surface area (Å²) < 4.78 is 6.56. The molecule has 0 radical (unpaired) electrons. The first-order valence-electron chi connectivity index (χ1n) is 7.32. The molecule has 0 spiro atoms. The monoisotopic (exact) mass is 389 g/mol. The zero-order chi connectivity index (χ0) is 14.1. The van der Waals surface area contributed by atoms with Crippen LogP contribution < -0.4 is 5.56 Å². The van der Waals surface area contributed by atoms with Crippen molar-refractivity contribution in [2.75, 3.05) is 26.2 Å². The Morgan fingerprint density at radius 3 is 3.00 bits per heavy atom. The smallest absolute Gasteiger partial charge is 0.264 e. The normalized spacial score (nSPS) is 24.0. The van der Waals surface area contributed by atoms with Crippen molar-refractivity contribution < 1.29 is 4.74 Å². The van der Waals surface area contributed by atoms with Crippen molar-refractivity contribution in [1.29, 1.82) is 0 Å². The molecule has 6 heteroatoms. The summed E-state index contributed by atoms with van der Waals surface area (Å²) in [5.41, 5.74) is 0.953. The highest BCUT2D eigenvalue weighted by atomic mass is 127. The third kappa shape index (κ3) is 3.07. The largest absolute Gasteiger partial charge is 0.368 e. The number of aromatic nitrogens is 2. The molecule has 2 aliphatic rings. The standard InChI is InChI=1S/C14H20IN3O2/c1-2-5-18-6-7-20-10(8-18)13-16-12(9-3-4-9)11(15)14(19)17-13/h9-10H,2-8H2,1H3,(H,16,17,19). The number of halogens is 1. The molecule has 1 aromatic rings. The molecule has 0 bridgehead atoms. The summed E-state index contributed by atoms with van der Waals surface area (Å²) in [6.07, 6.45) is 3.34. The van der Waals surface area contributed by atoms with Crippen LogP contribution in [-0.2, 0) is 4.74 Å². The summed E-state index contributed by atoms with van der Waals surface area (Å²) >= 11 is 2.11. The molecule has 110 valence electrons. The molecule has 2 heterocycles. The lowest BCUT2D eigenvalue weighted by Gasteiger charge is -2.32. The van der Waals surface area contributed by atoms with Crippen molar-refractivity contribution in [2.24, 2.45) is 0 Å². The second kappa shape index (κ2) is 6.11. The van der Waals surface area contributed by atoms with Crippen LogP contribution in [0.5, 0.6) is 0 Å². The maximum absolute atomic E-state index is 12.1. The number of rotatable bonds is 4. The SMILES string of the molecule is CCCN1CCOC(c2nc(C3CC3)c(I)c(=O)[nH]2)C1. The molecule has 0 aromatic carbocycles. The minimum Gasteiger partial charge on any atom is -0.368 e. The Kier molecular flexibility index (Phi) is 4.42. The van der Waals surface area contributed by atoms with Gasteiger partial charge < -0.3 is 9.72 Å². The molecule has 20 heavy (non-hydrogen) atoms. The van der Waals surface area contributed by atoms with Crippen LogP contribution in [0, 0.1) is 3.57 Å². The third-order valence-corrected chi connectivity index (χ3v) is 4.91. The summed E-state index contributed by atoms with van der Waals surface area (Å²) in [5, 5.41) is 0. The molecule has 2 fully saturated rings. The fraction of sp³-hybridized carbons (Fsp3) is 0.714. The highest BCUT2D eigenvalue weighted by Crippen LogP contribution is 2.40. The lowest BCUT2D eigenvalue weighted by atomic mass is 10.2. The zero-order valence-corrected chi connectivity index (χ0v) is 13.9. The van der Waals surface area contributed by atoms with E-state index in [4.69, 9.17) is 9.72 Å². The number of nitrogens with one attached hydrogen (secondary N) is 1. The summed E-state index contributed by atoms with van der Waals surface area (Å²) in [7, 11) is 0. The summed E-state index contributed by atoms with van der Waals surface area (Å²) in [5.74, 6) is 1.19. The van der Waals surface area contributed by atoms with E-state index in [1.165, 1.54) is 0 Å². The molecular weight excluding hydrogens is 369 g/mol. The molecule has 1 saturated heterocycles. The molecule has 3 rings (SSSR count). The van der Waals surface area contributed by atoms with Crippen molar-refractivity contribution in [1.82, 2.24) is 14.9 Å². The third-order valence-electron chi connectivity index (χ3n) is 3.87. The van der Waals surface area contributed by atoms with E-state index in [0.29, 0.717) is 18.3 Å². The van der Waals surface area contributed by atoms with E-state index < -0.39 is 0 Å². The van der Waals surface area contributed by atoms with Gasteiger partial charge >= 0.3 is 0 Å². The van der Waals surface area contributed by atoms with Crippen LogP contribution in [0.3, 0.4) is 0 Å². The molecular formula is C14H20IN3O2. The topological polar surface area (TPSA) is 58.2 Å². The average molecular weight is 389 g/mol. The maximum Gasteiger partial charge on any atom is 0.264 e. The van der Waals surface area contributed by atoms with Crippen molar-refractivity contribution in [2.45, 2.75) is 38.2 Å². The number of aromatic amines is 1. The van der Waals surface area contributed by atoms with Crippen LogP contribution >= 0.6 is 22.6 Å². The van der Waals surface area contributed by atoms with Crippen molar-refractivity contribution in [3.8, 4) is 0 Å². The van der Waals surface area contributed by atoms with Gasteiger partial charge in [0, 0.05) is 19.0 Å². The van der Waals surface area contributed by atoms with Gasteiger partial charge in [0.2, 0.25) is 0 Å². The van der Waals surface area contributed by atoms with Crippen LogP contribution in [-0.4, -0.2) is 41.1 Å². The van der Waals surface area contributed by atoms with E-state index in [1.807, 2.05) is 0 Å². The van der Waals surface area contributed by atoms with Gasteiger partial charge in [-0.05, 0) is 48.4 Å². The van der Waals surface area contributed by atoms with E-state index in [2.05, 4.69) is 39.4 Å². The lowest BCUT2D eigenvalue weighted by molar-refractivity contribution is -0.0344. The van der Waals surface area contributed by atoms with Gasteiger partial charge in [-0.1, -0.05) is 6.92 Å². The van der Waals surface area contributed by atoms with Gasteiger partial charge in [-0.2, -0.15) is 0 Å². The first kappa shape index (κ1) is 14.5. The van der Waals surface area contributed by atoms with E-state index in [0.717, 1.165) is 48.2 Å². The minimum atomic E-state index is -0.0995. The van der Waals surface area contributed by atoms with Crippen LogP contribution in [0.4, 0.5) is 0 Å². The van der Waals surface area contributed by atoms with E-state index in [-0.39, 0.29) is 11.7 Å². The van der Waals surface area contributed by atoms with Crippen molar-refractivity contribution >= 4 is 22.6 Å². The maximum atomic E-state index is 12.1. The molecule has 5 nitrogen and oxygen atoms in total. The highest BCUT2D eigenvalue weighted by Gasteiger charge is 2.31. The quantitative estimate of drug-likeness (QED) is 0.801. The molecule has 0 amide bonds. The Balaban J connectivity index is 1.84. The van der Waals surface area contributed by atoms with Crippen molar-refractivity contribution in [3.63, 3.8) is 0 Å². The van der Waals surface area contributed by atoms with Gasteiger partial charge in [-0.3, -0.25) is 9.69 Å². The Hall–Kier alpha value is -0.470. The van der Waals surface area contributed by atoms with E-state index in [1.54, 1.807) is 0 Å². The second-order valence-electron chi connectivity index (χ2n) is 5.58. The molecule has 1 aliphatic carbocycles. The highest BCUT2D eigenvalue weighted by molar-refractivity contribution is 14.1. The Labute approximate surface area is 132 Å². The van der Waals surface area contributed by atoms with Gasteiger partial charge in [0.05, 0.1) is 15.9 Å². The van der Waals surface area contributed by atoms with Crippen LogP contribution in [0.15, 0.2) is 4.79 Å². The molecule has 1 aromatic heterocycles. The summed E-state index contributed by atoms with van der Waals surface area (Å²) in [4.78, 5) is 22.1. The zero-order valence-electron chi connectivity index (χ0n) is 11.7. The fourth-order valence-corrected chi connectivity index (χ4v) is 3.36. The Morgan fingerprint density at radius 2 is 2.30 bits per heavy atom. The first-order valence-corrected chi connectivity index (χ1v) is 8.40. The van der Waals surface area contributed by atoms with Crippen LogP contribution in [0.2, 0.25) is 0 Å². The number of nitrogens with zero attached hydrogens (tertiary/aromatic N) is 2. The van der Waals surface area contributed by atoms with Crippen LogP contribution in [0.1, 0.15) is 49.7 Å². The van der Waals surface area contributed by atoms with Gasteiger partial charge in [0.1, 0.15) is 11.9 Å². The number of ether oxygens (including phenoxy) is 1. The Bertz CT molecular complexity index is 540. The van der Waals surface area contributed by atoms with Gasteiger partial charge in [-0.15, -0.1) is 0 Å². The predicted molar refractivity (Wildman–Crippen MR) is 85.0 cm³/mol. The Morgan fingerprint density at radius 1 is 1.50 bits per heavy atom. The number of hydrogen-bond donors (Lipinski definition) is 1. The average Bonchev–Trinajstić information content (AvgIpc) is 3.27. The fourth-order valence-electron chi connectivity index (χ4n) is 2.66. The van der Waals surface area contributed by atoms with Crippen molar-refractivity contribution in [3.05, 3.63) is 25.4 Å². The summed E-state index contributed by atoms with van der Waals surface area (Å²) in [6.45, 7) is 5.75. The number of hydrogen-bond acceptors (Lipinski definition) is 4. The predicted octanol–water partition coefficient (Wildman–Crippen LogP) is 2.04. The van der Waals surface area contributed by atoms with Gasteiger partial charge in [-0.25, -0.2) is 4.98 Å².